The van der Waals surface area contributed by atoms with Crippen LogP contribution in [0.15, 0.2) is 123 Å². The molecule has 1 heterocycles. The van der Waals surface area contributed by atoms with E-state index in [-0.39, 0.29) is 15.7 Å². The Kier molecular flexibility index (Phi) is 10.4. The minimum Gasteiger partial charge on any atom is -0.497 e. The molecule has 0 saturated heterocycles. The van der Waals surface area contributed by atoms with Crippen LogP contribution in [-0.4, -0.2) is 57.8 Å². The van der Waals surface area contributed by atoms with Crippen molar-refractivity contribution in [2.75, 3.05) is 35.8 Å². The third-order valence-corrected chi connectivity index (χ3v) is 9.63. The van der Waals surface area contributed by atoms with Crippen molar-refractivity contribution in [3.63, 3.8) is 0 Å². The Morgan fingerprint density at radius 2 is 1.08 bits per heavy atom. The Bertz CT molecular complexity index is 2110. The molecule has 0 aliphatic heterocycles. The Balaban J connectivity index is 1.59. The van der Waals surface area contributed by atoms with Crippen molar-refractivity contribution in [2.45, 2.75) is 23.6 Å². The molecular weight excluding hydrogens is 663 g/mol. The maximum Gasteiger partial charge on any atom is 0.231 e. The van der Waals surface area contributed by atoms with Crippen LogP contribution in [-0.2, 0) is 19.7 Å². The summed E-state index contributed by atoms with van der Waals surface area (Å²) < 4.78 is 53.2. The number of hydrogen-bond acceptors (Lipinski definition) is 12. The maximum absolute atomic E-state index is 11.9. The fourth-order valence-electron chi connectivity index (χ4n) is 4.65. The summed E-state index contributed by atoms with van der Waals surface area (Å²) in [5.41, 5.74) is 10.8. The number of nitrogens with one attached hydrogen (secondary N) is 3. The summed E-state index contributed by atoms with van der Waals surface area (Å²) in [6.45, 7) is 3.59. The van der Waals surface area contributed by atoms with E-state index in [2.05, 4.69) is 26.4 Å². The molecule has 0 amide bonds. The van der Waals surface area contributed by atoms with E-state index in [0.29, 0.717) is 45.5 Å². The first-order chi connectivity index (χ1) is 23.3. The number of hydrazone groups is 2. The fourth-order valence-corrected chi connectivity index (χ4v) is 5.91. The number of rotatable bonds is 12. The zero-order chi connectivity index (χ0) is 35.2. The maximum atomic E-state index is 11.9. The molecule has 1 aromatic heterocycles. The molecule has 0 aliphatic carbocycles. The number of benzene rings is 4. The van der Waals surface area contributed by atoms with Crippen LogP contribution in [0.2, 0.25) is 0 Å². The van der Waals surface area contributed by atoms with Crippen molar-refractivity contribution < 1.29 is 21.6 Å². The molecule has 0 fully saturated rings. The van der Waals surface area contributed by atoms with Gasteiger partial charge in [0.05, 0.1) is 33.9 Å². The third kappa shape index (κ3) is 8.86. The van der Waals surface area contributed by atoms with Gasteiger partial charge in [0.15, 0.2) is 31.3 Å². The van der Waals surface area contributed by atoms with Gasteiger partial charge in [-0.05, 0) is 79.1 Å². The van der Waals surface area contributed by atoms with Gasteiger partial charge < -0.3 is 10.1 Å². The molecule has 0 unspecified atom stereocenters. The first kappa shape index (κ1) is 34.7. The van der Waals surface area contributed by atoms with E-state index in [1.807, 2.05) is 54.6 Å². The van der Waals surface area contributed by atoms with Gasteiger partial charge in [-0.3, -0.25) is 10.9 Å². The highest BCUT2D eigenvalue weighted by Gasteiger charge is 2.18. The van der Waals surface area contributed by atoms with Gasteiger partial charge in [0, 0.05) is 18.2 Å². The summed E-state index contributed by atoms with van der Waals surface area (Å²) in [6.07, 6.45) is 2.32. The number of aromatic nitrogens is 2. The first-order valence-corrected chi connectivity index (χ1v) is 18.7. The lowest BCUT2D eigenvalue weighted by Crippen LogP contribution is -2.09. The average Bonchev–Trinajstić information content (AvgIpc) is 3.09. The number of anilines is 4. The highest BCUT2D eigenvalue weighted by Crippen LogP contribution is 2.36. The third-order valence-electron chi connectivity index (χ3n) is 7.38. The molecule has 49 heavy (non-hydrogen) atoms. The standard InChI is InChI=1S/C35H35N7O5S2/c1-23(25-13-19-30(20-14-25)48(4,43)44)39-41-33-32(27-11-17-29(47-3)18-12-27)34(38-35(37-33)36-28-9-7-6-8-10-28)42-40-24(2)26-15-21-31(22-16-26)49(5,45)46/h6-22H,1-5H3,(H3,36,37,38,41,42). The lowest BCUT2D eigenvalue weighted by molar-refractivity contribution is 0.415. The summed E-state index contributed by atoms with van der Waals surface area (Å²) in [5.74, 6) is 1.61. The summed E-state index contributed by atoms with van der Waals surface area (Å²) in [6, 6.07) is 29.7. The Hall–Kier alpha value is -5.60. The van der Waals surface area contributed by atoms with Gasteiger partial charge in [-0.1, -0.05) is 54.6 Å². The predicted octanol–water partition coefficient (Wildman–Crippen LogP) is 6.38. The first-order valence-electron chi connectivity index (χ1n) is 14.9. The lowest BCUT2D eigenvalue weighted by atomic mass is 10.1. The normalized spacial score (nSPS) is 12.3. The van der Waals surface area contributed by atoms with Gasteiger partial charge in [0.1, 0.15) is 5.75 Å². The second-order valence-corrected chi connectivity index (χ2v) is 15.1. The molecule has 14 heteroatoms. The second-order valence-electron chi connectivity index (χ2n) is 11.1. The van der Waals surface area contributed by atoms with Crippen LogP contribution in [0.3, 0.4) is 0 Å². The average molecular weight is 698 g/mol. The number of hydrogen-bond donors (Lipinski definition) is 3. The van der Waals surface area contributed by atoms with Gasteiger partial charge in [-0.25, -0.2) is 16.8 Å². The largest absolute Gasteiger partial charge is 0.497 e. The van der Waals surface area contributed by atoms with Gasteiger partial charge in [-0.15, -0.1) is 0 Å². The van der Waals surface area contributed by atoms with Gasteiger partial charge in [0.25, 0.3) is 0 Å². The van der Waals surface area contributed by atoms with Crippen molar-refractivity contribution in [1.82, 2.24) is 9.97 Å². The molecule has 3 N–H and O–H groups in total. The molecule has 0 aliphatic rings. The van der Waals surface area contributed by atoms with E-state index >= 15 is 0 Å². The van der Waals surface area contributed by atoms with E-state index in [4.69, 9.17) is 14.7 Å². The quantitative estimate of drug-likeness (QED) is 0.0985. The molecule has 5 rings (SSSR count). The molecule has 0 spiro atoms. The topological polar surface area (TPSA) is 164 Å². The number of sulfone groups is 2. The molecule has 0 atom stereocenters. The van der Waals surface area contributed by atoms with Crippen molar-refractivity contribution in [3.05, 3.63) is 114 Å². The Labute approximate surface area is 285 Å². The predicted molar refractivity (Wildman–Crippen MR) is 195 cm³/mol. The highest BCUT2D eigenvalue weighted by atomic mass is 32.2. The highest BCUT2D eigenvalue weighted by molar-refractivity contribution is 7.91. The molecule has 0 bridgehead atoms. The van der Waals surface area contributed by atoms with Crippen LogP contribution >= 0.6 is 0 Å². The monoisotopic (exact) mass is 697 g/mol. The molecular formula is C35H35N7O5S2. The van der Waals surface area contributed by atoms with E-state index in [1.165, 1.54) is 24.3 Å². The summed E-state index contributed by atoms with van der Waals surface area (Å²) in [5, 5.41) is 12.4. The Morgan fingerprint density at radius 3 is 1.49 bits per heavy atom. The van der Waals surface area contributed by atoms with Crippen molar-refractivity contribution in [2.24, 2.45) is 10.2 Å². The molecule has 5 aromatic rings. The van der Waals surface area contributed by atoms with Crippen LogP contribution < -0.4 is 20.9 Å². The van der Waals surface area contributed by atoms with Crippen LogP contribution in [0.1, 0.15) is 25.0 Å². The molecule has 0 radical (unpaired) electrons. The SMILES string of the molecule is COc1ccc(-c2c(NN=C(C)c3ccc(S(C)(=O)=O)cc3)nc(Nc3ccccc3)nc2NN=C(C)c2ccc(S(C)(=O)=O)cc2)cc1. The van der Waals surface area contributed by atoms with E-state index in [9.17, 15) is 16.8 Å². The van der Waals surface area contributed by atoms with Crippen molar-refractivity contribution in [1.29, 1.82) is 0 Å². The number of nitrogens with zero attached hydrogens (tertiary/aromatic N) is 4. The molecule has 252 valence electrons. The van der Waals surface area contributed by atoms with Gasteiger partial charge in [-0.2, -0.15) is 20.2 Å². The summed E-state index contributed by atoms with van der Waals surface area (Å²) in [4.78, 5) is 9.99. The van der Waals surface area contributed by atoms with E-state index in [0.717, 1.165) is 23.8 Å². The summed E-state index contributed by atoms with van der Waals surface area (Å²) >= 11 is 0. The Morgan fingerprint density at radius 1 is 0.633 bits per heavy atom. The molecule has 0 saturated carbocycles. The number of methoxy groups -OCH3 is 1. The summed E-state index contributed by atoms with van der Waals surface area (Å²) in [7, 11) is -5.10. The number of ether oxygens (including phenoxy) is 1. The van der Waals surface area contributed by atoms with E-state index in [1.54, 1.807) is 45.2 Å². The van der Waals surface area contributed by atoms with Gasteiger partial charge in [0.2, 0.25) is 5.95 Å². The molecule has 12 nitrogen and oxygen atoms in total. The molecule has 4 aromatic carbocycles. The van der Waals surface area contributed by atoms with Crippen LogP contribution in [0, 0.1) is 0 Å². The lowest BCUT2D eigenvalue weighted by Gasteiger charge is -2.16. The zero-order valence-corrected chi connectivity index (χ0v) is 29.1. The van der Waals surface area contributed by atoms with E-state index < -0.39 is 19.7 Å². The van der Waals surface area contributed by atoms with Gasteiger partial charge >= 0.3 is 0 Å². The smallest absolute Gasteiger partial charge is 0.231 e. The van der Waals surface area contributed by atoms with Crippen molar-refractivity contribution in [3.8, 4) is 16.9 Å². The van der Waals surface area contributed by atoms with Crippen LogP contribution in [0.4, 0.5) is 23.3 Å². The minimum absolute atomic E-state index is 0.212. The van der Waals surface area contributed by atoms with Crippen molar-refractivity contribution >= 4 is 54.4 Å². The number of para-hydroxylation sites is 1. The van der Waals surface area contributed by atoms with Crippen LogP contribution in [0.25, 0.3) is 11.1 Å². The van der Waals surface area contributed by atoms with Crippen LogP contribution in [0.5, 0.6) is 5.75 Å². The minimum atomic E-state index is -3.34. The fraction of sp³-hybridized carbons (Fsp3) is 0.143. The zero-order valence-electron chi connectivity index (χ0n) is 27.5. The second kappa shape index (κ2) is 14.7.